The lowest BCUT2D eigenvalue weighted by atomic mass is 10.2. The minimum absolute atomic E-state index is 0.170. The van der Waals surface area contributed by atoms with Gasteiger partial charge in [-0.3, -0.25) is 4.79 Å². The van der Waals surface area contributed by atoms with Gasteiger partial charge in [0.05, 0.1) is 19.1 Å². The van der Waals surface area contributed by atoms with E-state index in [0.29, 0.717) is 34.6 Å². The van der Waals surface area contributed by atoms with Crippen molar-refractivity contribution in [2.24, 2.45) is 5.10 Å². The van der Waals surface area contributed by atoms with Crippen LogP contribution in [0.2, 0.25) is 5.02 Å². The molecule has 2 rings (SSSR count). The number of halogens is 1. The van der Waals surface area contributed by atoms with Crippen molar-refractivity contribution in [1.82, 2.24) is 5.43 Å². The first kappa shape index (κ1) is 20.9. The minimum Gasteiger partial charge on any atom is -0.493 e. The molecule has 0 spiro atoms. The highest BCUT2D eigenvalue weighted by molar-refractivity contribution is 7.99. The molecule has 0 atom stereocenters. The quantitative estimate of drug-likeness (QED) is 0.364. The first-order valence-corrected chi connectivity index (χ1v) is 9.71. The molecule has 5 nitrogen and oxygen atoms in total. The summed E-state index contributed by atoms with van der Waals surface area (Å²) in [5, 5.41) is 4.67. The number of amides is 1. The number of carbonyl (C=O) groups excluding carboxylic acids is 1. The normalized spacial score (nSPS) is 10.6. The van der Waals surface area contributed by atoms with E-state index >= 15 is 0 Å². The number of hydrogen-bond donors (Lipinski definition) is 1. The highest BCUT2D eigenvalue weighted by Gasteiger charge is 2.05. The Hall–Kier alpha value is -2.44. The van der Waals surface area contributed by atoms with Crippen LogP contribution in [0.4, 0.5) is 0 Å². The van der Waals surface area contributed by atoms with Crippen LogP contribution >= 0.6 is 23.4 Å². The lowest BCUT2D eigenvalue weighted by molar-refractivity contribution is -0.118. The molecule has 1 amide bonds. The summed E-state index contributed by atoms with van der Waals surface area (Å²) in [5.74, 6) is 2.05. The number of methoxy groups -OCH3 is 1. The number of thioether (sulfide) groups is 1. The lowest BCUT2D eigenvalue weighted by Gasteiger charge is -2.09. The van der Waals surface area contributed by atoms with Crippen LogP contribution in [0.3, 0.4) is 0 Å². The van der Waals surface area contributed by atoms with Gasteiger partial charge in [0.1, 0.15) is 6.61 Å². The van der Waals surface area contributed by atoms with Crippen LogP contribution in [-0.2, 0) is 10.5 Å². The molecule has 0 aromatic heterocycles. The number of rotatable bonds is 10. The molecule has 142 valence electrons. The molecule has 0 aliphatic heterocycles. The Bertz CT molecular complexity index is 812. The Morgan fingerprint density at radius 3 is 2.89 bits per heavy atom. The van der Waals surface area contributed by atoms with Crippen LogP contribution in [0.5, 0.6) is 11.5 Å². The highest BCUT2D eigenvalue weighted by Crippen LogP contribution is 2.27. The van der Waals surface area contributed by atoms with Gasteiger partial charge in [0.15, 0.2) is 11.5 Å². The van der Waals surface area contributed by atoms with Crippen molar-refractivity contribution in [3.05, 3.63) is 71.3 Å². The third kappa shape index (κ3) is 7.37. The molecule has 7 heteroatoms. The van der Waals surface area contributed by atoms with Crippen LogP contribution in [0.25, 0.3) is 0 Å². The van der Waals surface area contributed by atoms with Crippen molar-refractivity contribution < 1.29 is 14.3 Å². The molecule has 0 aliphatic carbocycles. The maximum absolute atomic E-state index is 11.9. The van der Waals surface area contributed by atoms with E-state index in [1.165, 1.54) is 11.8 Å². The summed E-state index contributed by atoms with van der Waals surface area (Å²) in [4.78, 5) is 11.9. The molecule has 0 fully saturated rings. The van der Waals surface area contributed by atoms with E-state index in [0.717, 1.165) is 11.1 Å². The molecular formula is C20H21ClN2O3S. The SMILES string of the molecule is C=CCOc1ccc(/C=N\NC(=O)CSCc2cccc(Cl)c2)cc1OC. The van der Waals surface area contributed by atoms with Gasteiger partial charge in [0.2, 0.25) is 5.91 Å². The van der Waals surface area contributed by atoms with Crippen LogP contribution in [0.15, 0.2) is 60.2 Å². The molecule has 2 aromatic rings. The zero-order valence-corrected chi connectivity index (χ0v) is 16.6. The van der Waals surface area contributed by atoms with Crippen molar-refractivity contribution >= 4 is 35.5 Å². The smallest absolute Gasteiger partial charge is 0.250 e. The summed E-state index contributed by atoms with van der Waals surface area (Å²) in [6.45, 7) is 4.01. The largest absolute Gasteiger partial charge is 0.493 e. The van der Waals surface area contributed by atoms with E-state index in [-0.39, 0.29) is 5.91 Å². The molecule has 2 aromatic carbocycles. The molecule has 0 saturated carbocycles. The number of nitrogens with one attached hydrogen (secondary N) is 1. The van der Waals surface area contributed by atoms with E-state index < -0.39 is 0 Å². The molecule has 1 N–H and O–H groups in total. The van der Waals surface area contributed by atoms with Gasteiger partial charge in [-0.1, -0.05) is 36.4 Å². The monoisotopic (exact) mass is 404 g/mol. The van der Waals surface area contributed by atoms with Crippen molar-refractivity contribution in [3.63, 3.8) is 0 Å². The molecule has 27 heavy (non-hydrogen) atoms. The fourth-order valence-electron chi connectivity index (χ4n) is 2.13. The number of ether oxygens (including phenoxy) is 2. The second-order valence-electron chi connectivity index (χ2n) is 5.43. The molecule has 0 aliphatic rings. The van der Waals surface area contributed by atoms with Crippen molar-refractivity contribution in [3.8, 4) is 11.5 Å². The van der Waals surface area contributed by atoms with E-state index in [9.17, 15) is 4.79 Å². The van der Waals surface area contributed by atoms with Gasteiger partial charge in [-0.2, -0.15) is 5.10 Å². The number of hydrazone groups is 1. The summed E-state index contributed by atoms with van der Waals surface area (Å²) in [6.07, 6.45) is 3.22. The third-order valence-electron chi connectivity index (χ3n) is 3.34. The Morgan fingerprint density at radius 1 is 1.30 bits per heavy atom. The van der Waals surface area contributed by atoms with E-state index in [2.05, 4.69) is 17.1 Å². The van der Waals surface area contributed by atoms with Crippen LogP contribution in [-0.4, -0.2) is 31.6 Å². The molecular weight excluding hydrogens is 384 g/mol. The van der Waals surface area contributed by atoms with Crippen LogP contribution < -0.4 is 14.9 Å². The predicted octanol–water partition coefficient (Wildman–Crippen LogP) is 4.30. The van der Waals surface area contributed by atoms with E-state index in [1.807, 2.05) is 30.3 Å². The fraction of sp³-hybridized carbons (Fsp3) is 0.200. The van der Waals surface area contributed by atoms with Crippen LogP contribution in [0, 0.1) is 0 Å². The standard InChI is InChI=1S/C20H21ClN2O3S/c1-3-9-26-18-8-7-15(11-19(18)25-2)12-22-23-20(24)14-27-13-16-5-4-6-17(21)10-16/h3-8,10-12H,1,9,13-14H2,2H3,(H,23,24)/b22-12-. The number of nitrogens with zero attached hydrogens (tertiary/aromatic N) is 1. The second kappa shape index (κ2) is 11.3. The van der Waals surface area contributed by atoms with Gasteiger partial charge >= 0.3 is 0 Å². The van der Waals surface area contributed by atoms with E-state index in [4.69, 9.17) is 21.1 Å². The third-order valence-corrected chi connectivity index (χ3v) is 4.58. The molecule has 0 radical (unpaired) electrons. The first-order chi connectivity index (χ1) is 13.1. The summed E-state index contributed by atoms with van der Waals surface area (Å²) in [7, 11) is 1.57. The topological polar surface area (TPSA) is 59.9 Å². The average Bonchev–Trinajstić information content (AvgIpc) is 2.67. The number of hydrogen-bond acceptors (Lipinski definition) is 5. The highest BCUT2D eigenvalue weighted by atomic mass is 35.5. The van der Waals surface area contributed by atoms with Gasteiger partial charge in [-0.25, -0.2) is 5.43 Å². The maximum atomic E-state index is 11.9. The second-order valence-corrected chi connectivity index (χ2v) is 6.85. The summed E-state index contributed by atoms with van der Waals surface area (Å²) in [6, 6.07) is 13.0. The predicted molar refractivity (Wildman–Crippen MR) is 112 cm³/mol. The van der Waals surface area contributed by atoms with Crippen molar-refractivity contribution in [1.29, 1.82) is 0 Å². The Morgan fingerprint density at radius 2 is 2.15 bits per heavy atom. The van der Waals surface area contributed by atoms with Gasteiger partial charge in [0, 0.05) is 10.8 Å². The van der Waals surface area contributed by atoms with Gasteiger partial charge in [-0.05, 0) is 41.5 Å². The zero-order valence-electron chi connectivity index (χ0n) is 15.0. The average molecular weight is 405 g/mol. The molecule has 0 bridgehead atoms. The first-order valence-electron chi connectivity index (χ1n) is 8.18. The number of benzene rings is 2. The lowest BCUT2D eigenvalue weighted by Crippen LogP contribution is -2.19. The Balaban J connectivity index is 1.80. The Kier molecular flexibility index (Phi) is 8.74. The maximum Gasteiger partial charge on any atom is 0.250 e. The van der Waals surface area contributed by atoms with Gasteiger partial charge in [0.25, 0.3) is 0 Å². The van der Waals surface area contributed by atoms with Gasteiger partial charge in [-0.15, -0.1) is 11.8 Å². The number of carbonyl (C=O) groups is 1. The Labute approximate surface area is 168 Å². The fourth-order valence-corrected chi connectivity index (χ4v) is 3.11. The van der Waals surface area contributed by atoms with Crippen molar-refractivity contribution in [2.45, 2.75) is 5.75 Å². The molecule has 0 saturated heterocycles. The van der Waals surface area contributed by atoms with Crippen LogP contribution in [0.1, 0.15) is 11.1 Å². The summed E-state index contributed by atoms with van der Waals surface area (Å²) >= 11 is 7.44. The van der Waals surface area contributed by atoms with E-state index in [1.54, 1.807) is 31.5 Å². The summed E-state index contributed by atoms with van der Waals surface area (Å²) in [5.41, 5.74) is 4.37. The zero-order chi connectivity index (χ0) is 19.5. The molecule has 0 heterocycles. The van der Waals surface area contributed by atoms with Crippen molar-refractivity contribution in [2.75, 3.05) is 19.5 Å². The van der Waals surface area contributed by atoms with Gasteiger partial charge < -0.3 is 9.47 Å². The molecule has 0 unspecified atom stereocenters. The minimum atomic E-state index is -0.170. The summed E-state index contributed by atoms with van der Waals surface area (Å²) < 4.78 is 10.8.